The summed E-state index contributed by atoms with van der Waals surface area (Å²) in [5, 5.41) is 2.92. The number of nitrogens with zero attached hydrogens (tertiary/aromatic N) is 1. The van der Waals surface area contributed by atoms with Crippen LogP contribution in [-0.4, -0.2) is 44.4 Å². The maximum Gasteiger partial charge on any atom is 0.243 e. The van der Waals surface area contributed by atoms with Gasteiger partial charge in [0.15, 0.2) is 0 Å². The maximum absolute atomic E-state index is 13.1. The predicted molar refractivity (Wildman–Crippen MR) is 112 cm³/mol. The number of rotatable bonds is 7. The molecule has 3 rings (SSSR count). The van der Waals surface area contributed by atoms with Crippen LogP contribution >= 0.6 is 0 Å². The van der Waals surface area contributed by atoms with Gasteiger partial charge in [-0.25, -0.2) is 12.8 Å². The number of hydrogen-bond donors (Lipinski definition) is 1. The van der Waals surface area contributed by atoms with Crippen molar-refractivity contribution in [2.75, 3.05) is 19.7 Å². The highest BCUT2D eigenvalue weighted by molar-refractivity contribution is 7.89. The Morgan fingerprint density at radius 1 is 1.20 bits per heavy atom. The van der Waals surface area contributed by atoms with Crippen LogP contribution < -0.4 is 10.1 Å². The van der Waals surface area contributed by atoms with Gasteiger partial charge in [-0.3, -0.25) is 4.79 Å². The van der Waals surface area contributed by atoms with Crippen LogP contribution in [0.5, 0.6) is 5.75 Å². The van der Waals surface area contributed by atoms with Crippen molar-refractivity contribution in [1.29, 1.82) is 0 Å². The molecule has 8 heteroatoms. The lowest BCUT2D eigenvalue weighted by Gasteiger charge is -2.31. The highest BCUT2D eigenvalue weighted by atomic mass is 32.2. The van der Waals surface area contributed by atoms with Gasteiger partial charge in [-0.1, -0.05) is 17.7 Å². The molecule has 1 heterocycles. The van der Waals surface area contributed by atoms with Gasteiger partial charge in [-0.2, -0.15) is 4.31 Å². The largest absolute Gasteiger partial charge is 0.491 e. The fourth-order valence-corrected chi connectivity index (χ4v) is 4.91. The average Bonchev–Trinajstić information content (AvgIpc) is 2.74. The molecule has 0 radical (unpaired) electrons. The fourth-order valence-electron chi connectivity index (χ4n) is 3.39. The monoisotopic (exact) mass is 434 g/mol. The van der Waals surface area contributed by atoms with Crippen molar-refractivity contribution in [3.63, 3.8) is 0 Å². The molecule has 1 N–H and O–H groups in total. The van der Waals surface area contributed by atoms with E-state index >= 15 is 0 Å². The van der Waals surface area contributed by atoms with Crippen molar-refractivity contribution in [3.05, 3.63) is 59.9 Å². The zero-order valence-electron chi connectivity index (χ0n) is 17.2. The van der Waals surface area contributed by atoms with E-state index in [-0.39, 0.29) is 23.4 Å². The van der Waals surface area contributed by atoms with Gasteiger partial charge >= 0.3 is 0 Å². The molecule has 2 atom stereocenters. The predicted octanol–water partition coefficient (Wildman–Crippen LogP) is 3.12. The summed E-state index contributed by atoms with van der Waals surface area (Å²) in [5.74, 6) is -0.382. The number of ether oxygens (including phenoxy) is 1. The topological polar surface area (TPSA) is 75.7 Å². The molecule has 0 aromatic heterocycles. The zero-order valence-corrected chi connectivity index (χ0v) is 18.0. The Bertz CT molecular complexity index is 962. The maximum atomic E-state index is 13.1. The van der Waals surface area contributed by atoms with Crippen LogP contribution in [-0.2, 0) is 14.8 Å². The van der Waals surface area contributed by atoms with E-state index in [0.717, 1.165) is 23.4 Å². The van der Waals surface area contributed by atoms with Crippen LogP contribution in [0, 0.1) is 18.7 Å². The molecule has 2 aromatic rings. The Labute approximate surface area is 177 Å². The van der Waals surface area contributed by atoms with E-state index in [4.69, 9.17) is 4.74 Å². The molecule has 0 saturated carbocycles. The van der Waals surface area contributed by atoms with Gasteiger partial charge in [0.25, 0.3) is 0 Å². The molecule has 6 nitrogen and oxygen atoms in total. The minimum Gasteiger partial charge on any atom is -0.491 e. The lowest BCUT2D eigenvalue weighted by atomic mass is 9.98. The number of carbonyl (C=O) groups is 1. The summed E-state index contributed by atoms with van der Waals surface area (Å²) in [6.07, 6.45) is 1.21. The van der Waals surface area contributed by atoms with Crippen molar-refractivity contribution in [2.24, 2.45) is 5.92 Å². The van der Waals surface area contributed by atoms with Crippen molar-refractivity contribution < 1.29 is 22.3 Å². The molecule has 1 amide bonds. The number of hydrogen-bond acceptors (Lipinski definition) is 4. The molecular formula is C22H27FN2O4S. The normalized spacial score (nSPS) is 18.6. The van der Waals surface area contributed by atoms with Crippen LogP contribution in [0.4, 0.5) is 4.39 Å². The van der Waals surface area contributed by atoms with E-state index in [1.54, 1.807) is 0 Å². The lowest BCUT2D eigenvalue weighted by Crippen LogP contribution is -2.48. The summed E-state index contributed by atoms with van der Waals surface area (Å²) in [6.45, 7) is 4.62. The first kappa shape index (κ1) is 22.2. The average molecular weight is 435 g/mol. The molecule has 1 saturated heterocycles. The Balaban J connectivity index is 1.55. The third-order valence-corrected chi connectivity index (χ3v) is 7.00. The van der Waals surface area contributed by atoms with Crippen LogP contribution in [0.1, 0.15) is 25.3 Å². The summed E-state index contributed by atoms with van der Waals surface area (Å²) < 4.78 is 45.8. The van der Waals surface area contributed by atoms with E-state index in [0.29, 0.717) is 26.0 Å². The summed E-state index contributed by atoms with van der Waals surface area (Å²) in [7, 11) is -3.76. The van der Waals surface area contributed by atoms with Gasteiger partial charge in [0, 0.05) is 13.1 Å². The second-order valence-corrected chi connectivity index (χ2v) is 9.63. The number of benzene rings is 2. The second kappa shape index (κ2) is 9.57. The first-order chi connectivity index (χ1) is 14.3. The van der Waals surface area contributed by atoms with Crippen LogP contribution in [0.25, 0.3) is 0 Å². The summed E-state index contributed by atoms with van der Waals surface area (Å²) in [4.78, 5) is 12.7. The fraction of sp³-hybridized carbons (Fsp3) is 0.409. The standard InChI is InChI=1S/C22H27FN2O4S/c1-16-5-9-20(10-6-16)29-15-17(2)24-22(26)18-4-3-13-25(14-18)30(27,28)21-11-7-19(23)8-12-21/h5-12,17-18H,3-4,13-15H2,1-2H3,(H,24,26)/t17-,18-/m0/s1. The first-order valence-corrected chi connectivity index (χ1v) is 11.5. The molecule has 0 aliphatic carbocycles. The van der Waals surface area contributed by atoms with E-state index in [1.165, 1.54) is 16.4 Å². The number of nitrogens with one attached hydrogen (secondary N) is 1. The molecule has 0 unspecified atom stereocenters. The Morgan fingerprint density at radius 2 is 1.87 bits per heavy atom. The quantitative estimate of drug-likeness (QED) is 0.727. The molecule has 0 bridgehead atoms. The van der Waals surface area contributed by atoms with Crippen molar-refractivity contribution in [3.8, 4) is 5.75 Å². The van der Waals surface area contributed by atoms with Crippen LogP contribution in [0.2, 0.25) is 0 Å². The van der Waals surface area contributed by atoms with E-state index in [9.17, 15) is 17.6 Å². The van der Waals surface area contributed by atoms with Gasteiger partial charge < -0.3 is 10.1 Å². The van der Waals surface area contributed by atoms with Gasteiger partial charge in [-0.15, -0.1) is 0 Å². The molecular weight excluding hydrogens is 407 g/mol. The van der Waals surface area contributed by atoms with Crippen LogP contribution in [0.3, 0.4) is 0 Å². The Hall–Kier alpha value is -2.45. The summed E-state index contributed by atoms with van der Waals surface area (Å²) in [6, 6.07) is 12.2. The minimum atomic E-state index is -3.76. The summed E-state index contributed by atoms with van der Waals surface area (Å²) >= 11 is 0. The van der Waals surface area contributed by atoms with Crippen molar-refractivity contribution in [1.82, 2.24) is 9.62 Å². The van der Waals surface area contributed by atoms with Gasteiger partial charge in [-0.05, 0) is 63.1 Å². The zero-order chi connectivity index (χ0) is 21.7. The van der Waals surface area contributed by atoms with E-state index in [2.05, 4.69) is 5.32 Å². The Morgan fingerprint density at radius 3 is 2.53 bits per heavy atom. The van der Waals surface area contributed by atoms with Gasteiger partial charge in [0.05, 0.1) is 16.9 Å². The molecule has 1 aliphatic heterocycles. The molecule has 1 aliphatic rings. The smallest absolute Gasteiger partial charge is 0.243 e. The highest BCUT2D eigenvalue weighted by Gasteiger charge is 2.33. The first-order valence-electron chi connectivity index (χ1n) is 10.0. The van der Waals surface area contributed by atoms with Crippen molar-refractivity contribution >= 4 is 15.9 Å². The highest BCUT2D eigenvalue weighted by Crippen LogP contribution is 2.24. The van der Waals surface area contributed by atoms with Gasteiger partial charge in [0.1, 0.15) is 18.2 Å². The molecule has 162 valence electrons. The number of aryl methyl sites for hydroxylation is 1. The third-order valence-electron chi connectivity index (χ3n) is 5.12. The number of sulfonamides is 1. The van der Waals surface area contributed by atoms with Crippen molar-refractivity contribution in [2.45, 2.75) is 37.6 Å². The third kappa shape index (κ3) is 5.58. The Kier molecular flexibility index (Phi) is 7.10. The van der Waals surface area contributed by atoms with Gasteiger partial charge in [0.2, 0.25) is 15.9 Å². The molecule has 30 heavy (non-hydrogen) atoms. The number of halogens is 1. The second-order valence-electron chi connectivity index (χ2n) is 7.69. The summed E-state index contributed by atoms with van der Waals surface area (Å²) in [5.41, 5.74) is 1.14. The van der Waals surface area contributed by atoms with E-state index in [1.807, 2.05) is 38.1 Å². The minimum absolute atomic E-state index is 0.0322. The molecule has 1 fully saturated rings. The molecule has 0 spiro atoms. The van der Waals surface area contributed by atoms with E-state index < -0.39 is 21.8 Å². The lowest BCUT2D eigenvalue weighted by molar-refractivity contribution is -0.126. The molecule has 2 aromatic carbocycles. The van der Waals surface area contributed by atoms with Crippen LogP contribution in [0.15, 0.2) is 53.4 Å². The number of carbonyl (C=O) groups excluding carboxylic acids is 1. The number of piperidine rings is 1. The SMILES string of the molecule is Cc1ccc(OC[C@H](C)NC(=O)[C@H]2CCCN(S(=O)(=O)c3ccc(F)cc3)C2)cc1. The number of amides is 1.